The summed E-state index contributed by atoms with van der Waals surface area (Å²) in [5.41, 5.74) is -1.73. The minimum atomic E-state index is -3.45. The lowest BCUT2D eigenvalue weighted by Crippen LogP contribution is -2.42. The van der Waals surface area contributed by atoms with Crippen LogP contribution in [0.5, 0.6) is 5.75 Å². The molecule has 0 spiro atoms. The molecule has 0 aliphatic carbocycles. The quantitative estimate of drug-likeness (QED) is 0.576. The Morgan fingerprint density at radius 3 is 2.74 bits per heavy atom. The summed E-state index contributed by atoms with van der Waals surface area (Å²) in [6.07, 6.45) is 0. The number of ether oxygens (including phenoxy) is 1. The third-order valence-electron chi connectivity index (χ3n) is 5.08. The normalized spacial score (nSPS) is 19.1. The predicted molar refractivity (Wildman–Crippen MR) is 107 cm³/mol. The third-order valence-corrected chi connectivity index (χ3v) is 7.17. The van der Waals surface area contributed by atoms with Crippen LogP contribution in [0.25, 0.3) is 0 Å². The van der Waals surface area contributed by atoms with E-state index in [1.807, 2.05) is 0 Å². The summed E-state index contributed by atoms with van der Waals surface area (Å²) in [6.45, 7) is 4.09. The summed E-state index contributed by atoms with van der Waals surface area (Å²) >= 11 is 0. The number of halogens is 1. The van der Waals surface area contributed by atoms with Gasteiger partial charge in [-0.25, -0.2) is 9.37 Å². The topological polar surface area (TPSA) is 132 Å². The first-order valence-electron chi connectivity index (χ1n) is 9.59. The average molecular weight is 454 g/mol. The highest BCUT2D eigenvalue weighted by Gasteiger charge is 2.38. The molecular weight excluding hydrogens is 432 g/mol. The lowest BCUT2D eigenvalue weighted by molar-refractivity contribution is -0.0566. The summed E-state index contributed by atoms with van der Waals surface area (Å²) in [5.74, 6) is -1.95. The van der Waals surface area contributed by atoms with Crippen LogP contribution in [0, 0.1) is 5.82 Å². The molecule has 1 aromatic carbocycles. The first-order valence-corrected chi connectivity index (χ1v) is 11.2. The van der Waals surface area contributed by atoms with Crippen molar-refractivity contribution in [2.45, 2.75) is 32.5 Å². The Morgan fingerprint density at radius 2 is 2.03 bits per heavy atom. The van der Waals surface area contributed by atoms with E-state index in [0.717, 1.165) is 6.07 Å². The van der Waals surface area contributed by atoms with Gasteiger partial charge in [0.05, 0.1) is 31.7 Å². The highest BCUT2D eigenvalue weighted by molar-refractivity contribution is 7.68. The molecule has 2 aromatic rings. The van der Waals surface area contributed by atoms with E-state index in [9.17, 15) is 24.0 Å². The molecule has 2 aliphatic rings. The van der Waals surface area contributed by atoms with Crippen LogP contribution >= 0.6 is 7.94 Å². The van der Waals surface area contributed by atoms with Gasteiger partial charge < -0.3 is 29.1 Å². The molecule has 0 atom stereocenters. The molecule has 3 heterocycles. The zero-order valence-corrected chi connectivity index (χ0v) is 17.8. The number of hydrogen-bond acceptors (Lipinski definition) is 8. The van der Waals surface area contributed by atoms with Gasteiger partial charge in [0.25, 0.3) is 19.4 Å². The van der Waals surface area contributed by atoms with Gasteiger partial charge in [-0.15, -0.1) is 0 Å². The minimum Gasteiger partial charge on any atom is -0.501 e. The number of nitrogens with zero attached hydrogens (tertiary/aromatic N) is 2. The molecule has 0 bridgehead atoms. The number of aromatic hydroxyl groups is 1. The fraction of sp³-hybridized carbons (Fsp3) is 0.421. The summed E-state index contributed by atoms with van der Waals surface area (Å²) in [6, 6.07) is 3.66. The van der Waals surface area contributed by atoms with Gasteiger partial charge in [-0.1, -0.05) is 6.07 Å². The Bertz CT molecular complexity index is 1100. The van der Waals surface area contributed by atoms with E-state index < -0.39 is 42.3 Å². The molecule has 0 saturated carbocycles. The van der Waals surface area contributed by atoms with E-state index in [0.29, 0.717) is 5.56 Å². The molecule has 2 aliphatic heterocycles. The number of aromatic nitrogens is 2. The van der Waals surface area contributed by atoms with E-state index in [2.05, 4.69) is 10.3 Å². The van der Waals surface area contributed by atoms with Crippen molar-refractivity contribution in [2.24, 2.45) is 0 Å². The molecule has 1 amide bonds. The molecule has 1 saturated heterocycles. The highest BCUT2D eigenvalue weighted by Crippen LogP contribution is 2.59. The van der Waals surface area contributed by atoms with E-state index >= 15 is 0 Å². The Morgan fingerprint density at radius 1 is 1.32 bits per heavy atom. The molecular formula is C19H22FN3O7P. The Kier molecular flexibility index (Phi) is 5.57. The number of rotatable bonds is 4. The van der Waals surface area contributed by atoms with Crippen molar-refractivity contribution in [1.29, 1.82) is 0 Å². The fourth-order valence-electron chi connectivity index (χ4n) is 3.53. The summed E-state index contributed by atoms with van der Waals surface area (Å²) < 4.78 is 31.3. The molecule has 10 nitrogen and oxygen atoms in total. The summed E-state index contributed by atoms with van der Waals surface area (Å²) in [5, 5.41) is 12.9. The van der Waals surface area contributed by atoms with Gasteiger partial charge >= 0.3 is 0 Å². The maximum atomic E-state index is 13.8. The molecule has 1 fully saturated rings. The second-order valence-corrected chi connectivity index (χ2v) is 9.63. The minimum absolute atomic E-state index is 0.113. The Balaban J connectivity index is 1.62. The number of benzene rings is 1. The van der Waals surface area contributed by atoms with E-state index in [1.165, 1.54) is 16.7 Å². The zero-order chi connectivity index (χ0) is 22.4. The molecule has 0 unspecified atom stereocenters. The number of fused-ring (bicyclic) bond motifs is 1. The number of hydrogen-bond donors (Lipinski definition) is 3. The molecule has 3 N–H and O–H groups in total. The fourth-order valence-corrected chi connectivity index (χ4v) is 5.33. The molecule has 1 aromatic heterocycles. The Hall–Kier alpha value is -2.43. The van der Waals surface area contributed by atoms with Crippen LogP contribution in [-0.2, 0) is 32.5 Å². The predicted octanol–water partition coefficient (Wildman–Crippen LogP) is 0.710. The van der Waals surface area contributed by atoms with Crippen LogP contribution in [0.2, 0.25) is 0 Å². The standard InChI is InChI=1S/C19H22FN3O7P/c1-19(2)18-22-14(15(24)17(26)23(18)5-6-28-19)16(25)21-10-11-3-4-12(20)9-13(11)31(27)29-7-8-30-31/h3-4,9,24,27H,5-8,10H2,1-2H3,(H,21,25). The van der Waals surface area contributed by atoms with Gasteiger partial charge in [0.1, 0.15) is 17.2 Å². The van der Waals surface area contributed by atoms with Gasteiger partial charge in [0.2, 0.25) is 5.75 Å². The van der Waals surface area contributed by atoms with Crippen LogP contribution in [0.1, 0.15) is 35.7 Å². The number of amides is 1. The van der Waals surface area contributed by atoms with Crippen LogP contribution < -0.4 is 16.2 Å². The van der Waals surface area contributed by atoms with Crippen molar-refractivity contribution in [3.8, 4) is 5.75 Å². The first-order chi connectivity index (χ1) is 14.6. The van der Waals surface area contributed by atoms with Gasteiger partial charge in [-0.2, -0.15) is 0 Å². The molecule has 167 valence electrons. The molecule has 31 heavy (non-hydrogen) atoms. The second-order valence-electron chi connectivity index (χ2n) is 7.59. The zero-order valence-electron chi connectivity index (χ0n) is 16.9. The first kappa shape index (κ1) is 21.8. The smallest absolute Gasteiger partial charge is 0.296 e. The number of carbonyl (C=O) groups is 1. The monoisotopic (exact) mass is 454 g/mol. The average Bonchev–Trinajstić information content (AvgIpc) is 3.17. The molecule has 4 rings (SSSR count). The second kappa shape index (κ2) is 7.92. The van der Waals surface area contributed by atoms with E-state index in [1.54, 1.807) is 13.8 Å². The lowest BCUT2D eigenvalue weighted by atomic mass is 10.1. The number of nitrogens with one attached hydrogen (secondary N) is 1. The van der Waals surface area contributed by atoms with Crippen LogP contribution in [0.15, 0.2) is 23.0 Å². The van der Waals surface area contributed by atoms with E-state index in [4.69, 9.17) is 13.8 Å². The molecule has 1 radical (unpaired) electrons. The van der Waals surface area contributed by atoms with Crippen molar-refractivity contribution in [1.82, 2.24) is 14.9 Å². The third kappa shape index (κ3) is 3.95. The maximum Gasteiger partial charge on any atom is 0.296 e. The van der Waals surface area contributed by atoms with Crippen LogP contribution in [0.4, 0.5) is 4.39 Å². The molecule has 12 heteroatoms. The van der Waals surface area contributed by atoms with Crippen molar-refractivity contribution in [3.05, 3.63) is 51.5 Å². The highest BCUT2D eigenvalue weighted by atomic mass is 31.2. The van der Waals surface area contributed by atoms with Crippen molar-refractivity contribution < 1.29 is 33.0 Å². The van der Waals surface area contributed by atoms with Crippen molar-refractivity contribution in [2.75, 3.05) is 19.8 Å². The van der Waals surface area contributed by atoms with Gasteiger partial charge in [-0.05, 0) is 31.5 Å². The van der Waals surface area contributed by atoms with Gasteiger partial charge in [0, 0.05) is 6.54 Å². The lowest BCUT2D eigenvalue weighted by Gasteiger charge is -2.32. The summed E-state index contributed by atoms with van der Waals surface area (Å²) in [4.78, 5) is 40.1. The van der Waals surface area contributed by atoms with Crippen molar-refractivity contribution in [3.63, 3.8) is 0 Å². The number of carbonyl (C=O) groups excluding carboxylic acids is 1. The summed E-state index contributed by atoms with van der Waals surface area (Å²) in [7, 11) is -3.45. The van der Waals surface area contributed by atoms with E-state index in [-0.39, 0.29) is 44.0 Å². The van der Waals surface area contributed by atoms with Gasteiger partial charge in [-0.3, -0.25) is 14.2 Å². The van der Waals surface area contributed by atoms with Crippen molar-refractivity contribution >= 4 is 19.2 Å². The Labute approximate surface area is 177 Å². The van der Waals surface area contributed by atoms with Crippen LogP contribution in [-0.4, -0.2) is 45.3 Å². The maximum absolute atomic E-state index is 13.8. The van der Waals surface area contributed by atoms with Crippen LogP contribution in [0.3, 0.4) is 0 Å². The largest absolute Gasteiger partial charge is 0.501 e. The SMILES string of the molecule is CC1(C)OCCn2c1nc(C(=O)NCc1ccc(F)cc1[P]1(O)OCCO1)c(O)c2=O. The van der Waals surface area contributed by atoms with Gasteiger partial charge in [0.15, 0.2) is 5.69 Å².